The summed E-state index contributed by atoms with van der Waals surface area (Å²) < 4.78 is 16.9. The lowest BCUT2D eigenvalue weighted by Gasteiger charge is -2.16. The number of esters is 1. The summed E-state index contributed by atoms with van der Waals surface area (Å²) in [5.41, 5.74) is 5.89. The second-order valence-electron chi connectivity index (χ2n) is 9.54. The van der Waals surface area contributed by atoms with E-state index in [-0.39, 0.29) is 5.97 Å². The highest BCUT2D eigenvalue weighted by Crippen LogP contribution is 2.34. The largest absolute Gasteiger partial charge is 0.497 e. The zero-order valence-electron chi connectivity index (χ0n) is 23.0. The van der Waals surface area contributed by atoms with Gasteiger partial charge < -0.3 is 19.1 Å². The van der Waals surface area contributed by atoms with Gasteiger partial charge in [-0.05, 0) is 104 Å². The van der Waals surface area contributed by atoms with Crippen molar-refractivity contribution in [3.63, 3.8) is 0 Å². The van der Waals surface area contributed by atoms with Crippen LogP contribution >= 0.6 is 0 Å². The molecule has 5 heteroatoms. The van der Waals surface area contributed by atoms with E-state index in [1.54, 1.807) is 19.2 Å². The van der Waals surface area contributed by atoms with Gasteiger partial charge in [0.25, 0.3) is 0 Å². The lowest BCUT2D eigenvalue weighted by Crippen LogP contribution is -2.15. The van der Waals surface area contributed by atoms with Gasteiger partial charge in [-0.15, -0.1) is 0 Å². The van der Waals surface area contributed by atoms with E-state index in [0.717, 1.165) is 52.3 Å². The van der Waals surface area contributed by atoms with Crippen molar-refractivity contribution in [2.24, 2.45) is 0 Å². The predicted octanol–water partition coefficient (Wildman–Crippen LogP) is 7.22. The van der Waals surface area contributed by atoms with Crippen LogP contribution in [0, 0.1) is 0 Å². The second-order valence-corrected chi connectivity index (χ2v) is 9.54. The minimum absolute atomic E-state index is 0.380. The van der Waals surface area contributed by atoms with Gasteiger partial charge in [-0.25, -0.2) is 4.79 Å². The minimum Gasteiger partial charge on any atom is -0.497 e. The number of hydrogen-bond acceptors (Lipinski definition) is 5. The van der Waals surface area contributed by atoms with E-state index in [4.69, 9.17) is 14.2 Å². The number of nitrogens with zero attached hydrogens (tertiary/aromatic N) is 1. The van der Waals surface area contributed by atoms with Crippen LogP contribution in [0.1, 0.15) is 40.4 Å². The normalized spacial score (nSPS) is 11.6. The average Bonchev–Trinajstić information content (AvgIpc) is 2.97. The van der Waals surface area contributed by atoms with Gasteiger partial charge in [-0.2, -0.15) is 0 Å². The molecule has 0 bridgehead atoms. The van der Waals surface area contributed by atoms with Gasteiger partial charge in [0.05, 0.1) is 19.3 Å². The molecule has 39 heavy (non-hydrogen) atoms. The number of methoxy groups -OCH3 is 1. The number of rotatable bonds is 11. The summed E-state index contributed by atoms with van der Waals surface area (Å²) in [6.07, 6.45) is 0.970. The zero-order chi connectivity index (χ0) is 27.6. The van der Waals surface area contributed by atoms with E-state index in [0.29, 0.717) is 17.9 Å². The van der Waals surface area contributed by atoms with Crippen molar-refractivity contribution in [2.75, 3.05) is 34.4 Å². The Morgan fingerprint density at radius 3 is 1.77 bits per heavy atom. The van der Waals surface area contributed by atoms with Crippen LogP contribution in [0.25, 0.3) is 11.1 Å². The van der Waals surface area contributed by atoms with Crippen molar-refractivity contribution in [3.8, 4) is 17.2 Å². The summed E-state index contributed by atoms with van der Waals surface area (Å²) >= 11 is 0. The molecule has 0 aliphatic heterocycles. The quantitative estimate of drug-likeness (QED) is 0.0902. The fourth-order valence-corrected chi connectivity index (χ4v) is 4.30. The van der Waals surface area contributed by atoms with Crippen LogP contribution in [0.4, 0.5) is 0 Å². The highest BCUT2D eigenvalue weighted by atomic mass is 16.5. The molecule has 0 N–H and O–H groups in total. The molecule has 4 rings (SSSR count). The molecule has 0 radical (unpaired) electrons. The van der Waals surface area contributed by atoms with Crippen LogP contribution in [0.3, 0.4) is 0 Å². The number of benzene rings is 4. The smallest absolute Gasteiger partial charge is 0.343 e. The van der Waals surface area contributed by atoms with Crippen molar-refractivity contribution in [2.45, 2.75) is 13.3 Å². The molecular formula is C34H35NO4. The number of carbonyl (C=O) groups excluding carboxylic acids is 1. The Hall–Kier alpha value is -4.35. The van der Waals surface area contributed by atoms with Crippen molar-refractivity contribution in [3.05, 3.63) is 125 Å². The maximum absolute atomic E-state index is 12.5. The number of hydrogen-bond donors (Lipinski definition) is 0. The van der Waals surface area contributed by atoms with Gasteiger partial charge in [0.1, 0.15) is 17.2 Å². The molecule has 0 heterocycles. The Morgan fingerprint density at radius 1 is 0.667 bits per heavy atom. The third-order valence-corrected chi connectivity index (χ3v) is 6.42. The second kappa shape index (κ2) is 13.4. The molecule has 4 aromatic rings. The van der Waals surface area contributed by atoms with Crippen LogP contribution in [-0.2, 0) is 0 Å². The zero-order valence-corrected chi connectivity index (χ0v) is 23.0. The molecule has 4 aromatic carbocycles. The SMILES string of the molecule is COc1ccc(/C(C)=C(/c2ccc(OCCCN(C)C)cc2)c2ccc(OC(=O)c3ccccc3)cc2)cc1. The summed E-state index contributed by atoms with van der Waals surface area (Å²) in [5, 5.41) is 0. The van der Waals surface area contributed by atoms with Crippen molar-refractivity contribution in [1.82, 2.24) is 4.90 Å². The van der Waals surface area contributed by atoms with Gasteiger partial charge in [0.15, 0.2) is 0 Å². The van der Waals surface area contributed by atoms with Gasteiger partial charge in [0, 0.05) is 6.54 Å². The Kier molecular flexibility index (Phi) is 9.54. The Balaban J connectivity index is 1.61. The van der Waals surface area contributed by atoms with Crippen molar-refractivity contribution < 1.29 is 19.0 Å². The van der Waals surface area contributed by atoms with Crippen LogP contribution in [-0.4, -0.2) is 45.2 Å². The molecular weight excluding hydrogens is 486 g/mol. The van der Waals surface area contributed by atoms with Gasteiger partial charge in [-0.1, -0.05) is 54.6 Å². The number of allylic oxidation sites excluding steroid dienone is 1. The molecule has 0 amide bonds. The van der Waals surface area contributed by atoms with Crippen LogP contribution in [0.2, 0.25) is 0 Å². The highest BCUT2D eigenvalue weighted by Gasteiger charge is 2.13. The lowest BCUT2D eigenvalue weighted by molar-refractivity contribution is 0.0734. The third kappa shape index (κ3) is 7.59. The topological polar surface area (TPSA) is 48.0 Å². The standard InChI is InChI=1S/C34H35NO4/c1-25(26-11-17-30(37-4)18-12-26)33(27-13-19-31(20-14-27)38-24-8-23-35(2)3)28-15-21-32(22-16-28)39-34(36)29-9-6-5-7-10-29/h5-7,9-22H,8,23-24H2,1-4H3/b33-25-. The van der Waals surface area contributed by atoms with Gasteiger partial charge >= 0.3 is 5.97 Å². The first-order chi connectivity index (χ1) is 18.9. The van der Waals surface area contributed by atoms with Crippen molar-refractivity contribution in [1.29, 1.82) is 0 Å². The Labute approximate surface area is 231 Å². The van der Waals surface area contributed by atoms with E-state index in [2.05, 4.69) is 50.2 Å². The fourth-order valence-electron chi connectivity index (χ4n) is 4.30. The molecule has 0 spiro atoms. The monoisotopic (exact) mass is 521 g/mol. The molecule has 0 saturated carbocycles. The molecule has 0 atom stereocenters. The lowest BCUT2D eigenvalue weighted by atomic mass is 9.90. The number of ether oxygens (including phenoxy) is 3. The molecule has 5 nitrogen and oxygen atoms in total. The highest BCUT2D eigenvalue weighted by molar-refractivity contribution is 5.98. The van der Waals surface area contributed by atoms with E-state index in [9.17, 15) is 4.79 Å². The van der Waals surface area contributed by atoms with E-state index in [1.807, 2.05) is 66.7 Å². The van der Waals surface area contributed by atoms with E-state index in [1.165, 1.54) is 0 Å². The molecule has 0 saturated heterocycles. The Bertz CT molecular complexity index is 1370. The summed E-state index contributed by atoms with van der Waals surface area (Å²) in [5.74, 6) is 1.78. The van der Waals surface area contributed by atoms with Crippen LogP contribution in [0.5, 0.6) is 17.2 Å². The van der Waals surface area contributed by atoms with Gasteiger partial charge in [0.2, 0.25) is 0 Å². The molecule has 0 fully saturated rings. The molecule has 0 unspecified atom stereocenters. The predicted molar refractivity (Wildman–Crippen MR) is 158 cm³/mol. The van der Waals surface area contributed by atoms with Crippen LogP contribution in [0.15, 0.2) is 103 Å². The molecule has 200 valence electrons. The average molecular weight is 522 g/mol. The minimum atomic E-state index is -0.380. The van der Waals surface area contributed by atoms with E-state index < -0.39 is 0 Å². The summed E-state index contributed by atoms with van der Waals surface area (Å²) in [6.45, 7) is 3.78. The molecule has 0 aromatic heterocycles. The van der Waals surface area contributed by atoms with Crippen LogP contribution < -0.4 is 14.2 Å². The van der Waals surface area contributed by atoms with Crippen molar-refractivity contribution >= 4 is 17.1 Å². The first-order valence-electron chi connectivity index (χ1n) is 13.1. The molecule has 0 aliphatic carbocycles. The van der Waals surface area contributed by atoms with E-state index >= 15 is 0 Å². The van der Waals surface area contributed by atoms with Gasteiger partial charge in [-0.3, -0.25) is 0 Å². The Morgan fingerprint density at radius 2 is 1.21 bits per heavy atom. The third-order valence-electron chi connectivity index (χ3n) is 6.42. The number of carbonyl (C=O) groups is 1. The first kappa shape index (κ1) is 27.7. The maximum Gasteiger partial charge on any atom is 0.343 e. The maximum atomic E-state index is 12.5. The first-order valence-corrected chi connectivity index (χ1v) is 13.1. The summed E-state index contributed by atoms with van der Waals surface area (Å²) in [7, 11) is 5.79. The summed E-state index contributed by atoms with van der Waals surface area (Å²) in [4.78, 5) is 14.7. The molecule has 0 aliphatic rings. The fraction of sp³-hybridized carbons (Fsp3) is 0.206. The summed E-state index contributed by atoms with van der Waals surface area (Å²) in [6, 6.07) is 32.9.